The van der Waals surface area contributed by atoms with Gasteiger partial charge in [-0.05, 0) is 5.46 Å². The Kier molecular flexibility index (Phi) is 3.12. The first-order valence-corrected chi connectivity index (χ1v) is 4.91. The van der Waals surface area contributed by atoms with Gasteiger partial charge in [-0.25, -0.2) is 9.59 Å². The first kappa shape index (κ1) is 11.6. The van der Waals surface area contributed by atoms with E-state index >= 15 is 0 Å². The van der Waals surface area contributed by atoms with E-state index in [0.717, 1.165) is 0 Å². The molecule has 1 heterocycles. The van der Waals surface area contributed by atoms with Crippen molar-refractivity contribution in [1.82, 2.24) is 0 Å². The van der Waals surface area contributed by atoms with Crippen LogP contribution in [-0.2, 0) is 18.9 Å². The number of aliphatic carboxylic acids is 2. The van der Waals surface area contributed by atoms with Crippen molar-refractivity contribution in [1.29, 1.82) is 0 Å². The monoisotopic (exact) mass is 236 g/mol. The normalized spacial score (nSPS) is 23.6. The van der Waals surface area contributed by atoms with Gasteiger partial charge in [-0.2, -0.15) is 0 Å². The van der Waals surface area contributed by atoms with E-state index in [9.17, 15) is 9.59 Å². The van der Waals surface area contributed by atoms with Gasteiger partial charge in [0.25, 0.3) is 0 Å². The zero-order valence-corrected chi connectivity index (χ0v) is 8.65. The van der Waals surface area contributed by atoms with Crippen LogP contribution in [0.5, 0.6) is 0 Å². The summed E-state index contributed by atoms with van der Waals surface area (Å²) in [6, 6.07) is 8.58. The highest BCUT2D eigenvalue weighted by Gasteiger charge is 2.48. The van der Waals surface area contributed by atoms with Gasteiger partial charge >= 0.3 is 19.1 Å². The minimum atomic E-state index is -1.49. The second-order valence-electron chi connectivity index (χ2n) is 3.53. The van der Waals surface area contributed by atoms with Crippen molar-refractivity contribution in [3.8, 4) is 0 Å². The van der Waals surface area contributed by atoms with E-state index in [0.29, 0.717) is 5.46 Å². The molecule has 0 radical (unpaired) electrons. The molecule has 1 aliphatic heterocycles. The van der Waals surface area contributed by atoms with Gasteiger partial charge in [-0.1, -0.05) is 30.3 Å². The summed E-state index contributed by atoms with van der Waals surface area (Å²) in [6.45, 7) is 0. The summed E-state index contributed by atoms with van der Waals surface area (Å²) in [5.41, 5.74) is 0.586. The highest BCUT2D eigenvalue weighted by atomic mass is 16.7. The zero-order valence-electron chi connectivity index (χ0n) is 8.65. The van der Waals surface area contributed by atoms with Crippen molar-refractivity contribution in [3.63, 3.8) is 0 Å². The maximum Gasteiger partial charge on any atom is 0.495 e. The Hall–Kier alpha value is -1.86. The van der Waals surface area contributed by atoms with Gasteiger partial charge in [0.2, 0.25) is 0 Å². The van der Waals surface area contributed by atoms with Crippen LogP contribution in [0.4, 0.5) is 0 Å². The van der Waals surface area contributed by atoms with Crippen LogP contribution in [0.3, 0.4) is 0 Å². The Labute approximate surface area is 96.9 Å². The van der Waals surface area contributed by atoms with Gasteiger partial charge in [0.1, 0.15) is 0 Å². The Morgan fingerprint density at radius 3 is 1.88 bits per heavy atom. The molecule has 0 saturated carbocycles. The van der Waals surface area contributed by atoms with E-state index in [4.69, 9.17) is 19.5 Å². The molecule has 1 fully saturated rings. The van der Waals surface area contributed by atoms with E-state index in [1.807, 2.05) is 0 Å². The fraction of sp³-hybridized carbons (Fsp3) is 0.200. The Balaban J connectivity index is 2.20. The molecule has 0 amide bonds. The lowest BCUT2D eigenvalue weighted by molar-refractivity contribution is -0.156. The molecule has 1 aromatic rings. The van der Waals surface area contributed by atoms with Crippen LogP contribution in [0, 0.1) is 0 Å². The van der Waals surface area contributed by atoms with Crippen LogP contribution < -0.4 is 5.46 Å². The molecule has 1 aromatic carbocycles. The van der Waals surface area contributed by atoms with Crippen LogP contribution >= 0.6 is 0 Å². The summed E-state index contributed by atoms with van der Waals surface area (Å²) in [7, 11) is -0.960. The van der Waals surface area contributed by atoms with Crippen LogP contribution in [0.15, 0.2) is 30.3 Å². The molecule has 2 unspecified atom stereocenters. The van der Waals surface area contributed by atoms with Gasteiger partial charge in [-0.3, -0.25) is 0 Å². The second-order valence-corrected chi connectivity index (χ2v) is 3.53. The molecule has 1 saturated heterocycles. The van der Waals surface area contributed by atoms with E-state index in [1.54, 1.807) is 30.3 Å². The molecule has 2 rings (SSSR count). The number of hydrogen-bond acceptors (Lipinski definition) is 4. The first-order chi connectivity index (χ1) is 8.09. The summed E-state index contributed by atoms with van der Waals surface area (Å²) in [5, 5.41) is 17.7. The molecule has 17 heavy (non-hydrogen) atoms. The number of rotatable bonds is 3. The molecular weight excluding hydrogens is 227 g/mol. The van der Waals surface area contributed by atoms with E-state index in [1.165, 1.54) is 0 Å². The van der Waals surface area contributed by atoms with Gasteiger partial charge in [0.05, 0.1) is 0 Å². The standard InChI is InChI=1S/C10H9BO6/c12-9(13)7-8(10(14)15)17-11(16-7)6-4-2-1-3-5-6/h1-5,7-8H,(H,12,13)(H,14,15). The summed E-state index contributed by atoms with van der Waals surface area (Å²) in [6.07, 6.45) is -2.98. The highest BCUT2D eigenvalue weighted by molar-refractivity contribution is 6.62. The van der Waals surface area contributed by atoms with Gasteiger partial charge in [0.15, 0.2) is 12.2 Å². The fourth-order valence-electron chi connectivity index (χ4n) is 1.58. The number of carboxylic acids is 2. The van der Waals surface area contributed by atoms with E-state index in [-0.39, 0.29) is 0 Å². The number of carbonyl (C=O) groups is 2. The van der Waals surface area contributed by atoms with Crippen molar-refractivity contribution < 1.29 is 29.1 Å². The van der Waals surface area contributed by atoms with Crippen molar-refractivity contribution in [2.24, 2.45) is 0 Å². The molecule has 0 aromatic heterocycles. The molecule has 88 valence electrons. The number of benzene rings is 1. The summed E-state index contributed by atoms with van der Waals surface area (Å²) >= 11 is 0. The molecule has 6 nitrogen and oxygen atoms in total. The van der Waals surface area contributed by atoms with Gasteiger partial charge < -0.3 is 19.5 Å². The molecule has 0 spiro atoms. The molecule has 1 aliphatic rings. The summed E-state index contributed by atoms with van der Waals surface area (Å²) < 4.78 is 10.2. The van der Waals surface area contributed by atoms with Crippen LogP contribution in [0.1, 0.15) is 0 Å². The lowest BCUT2D eigenvalue weighted by Crippen LogP contribution is -2.36. The molecule has 7 heteroatoms. The van der Waals surface area contributed by atoms with Crippen LogP contribution in [-0.4, -0.2) is 41.5 Å². The van der Waals surface area contributed by atoms with Crippen molar-refractivity contribution in [3.05, 3.63) is 30.3 Å². The maximum atomic E-state index is 10.8. The van der Waals surface area contributed by atoms with Gasteiger partial charge in [0, 0.05) is 0 Å². The quantitative estimate of drug-likeness (QED) is 0.676. The lowest BCUT2D eigenvalue weighted by Gasteiger charge is -2.08. The van der Waals surface area contributed by atoms with E-state index < -0.39 is 31.3 Å². The van der Waals surface area contributed by atoms with Crippen LogP contribution in [0.2, 0.25) is 0 Å². The highest BCUT2D eigenvalue weighted by Crippen LogP contribution is 2.17. The smallest absolute Gasteiger partial charge is 0.479 e. The third kappa shape index (κ3) is 2.30. The Bertz CT molecular complexity index is 412. The predicted octanol–water partition coefficient (Wildman–Crippen LogP) is -0.665. The average molecular weight is 236 g/mol. The maximum absolute atomic E-state index is 10.8. The van der Waals surface area contributed by atoms with Crippen molar-refractivity contribution in [2.45, 2.75) is 12.2 Å². The Morgan fingerprint density at radius 2 is 1.47 bits per heavy atom. The van der Waals surface area contributed by atoms with Crippen molar-refractivity contribution in [2.75, 3.05) is 0 Å². The average Bonchev–Trinajstić information content (AvgIpc) is 2.75. The topological polar surface area (TPSA) is 93.1 Å². The molecule has 0 aliphatic carbocycles. The van der Waals surface area contributed by atoms with Crippen LogP contribution in [0.25, 0.3) is 0 Å². The summed E-state index contributed by atoms with van der Waals surface area (Å²) in [5.74, 6) is -2.70. The summed E-state index contributed by atoms with van der Waals surface area (Å²) in [4.78, 5) is 21.6. The van der Waals surface area contributed by atoms with Gasteiger partial charge in [-0.15, -0.1) is 0 Å². The zero-order chi connectivity index (χ0) is 12.4. The SMILES string of the molecule is O=C(O)C1OB(c2ccccc2)OC1C(=O)O. The first-order valence-electron chi connectivity index (χ1n) is 4.91. The third-order valence-corrected chi connectivity index (χ3v) is 2.37. The lowest BCUT2D eigenvalue weighted by atomic mass is 9.79. The second kappa shape index (κ2) is 4.56. The molecular formula is C10H9BO6. The minimum Gasteiger partial charge on any atom is -0.479 e. The minimum absolute atomic E-state index is 0.586. The number of hydrogen-bond donors (Lipinski definition) is 2. The Morgan fingerprint density at radius 1 is 1.00 bits per heavy atom. The number of carboxylic acid groups (broad SMARTS) is 2. The largest absolute Gasteiger partial charge is 0.495 e. The predicted molar refractivity (Wildman–Crippen MR) is 56.8 cm³/mol. The van der Waals surface area contributed by atoms with Crippen molar-refractivity contribution >= 4 is 24.5 Å². The molecule has 2 N–H and O–H groups in total. The fourth-order valence-corrected chi connectivity index (χ4v) is 1.58. The molecule has 0 bridgehead atoms. The van der Waals surface area contributed by atoms with E-state index in [2.05, 4.69) is 0 Å². The third-order valence-electron chi connectivity index (χ3n) is 2.37. The molecule has 2 atom stereocenters.